The molecule has 0 aliphatic heterocycles. The molecule has 2 heterocycles. The number of para-hydroxylation sites is 3. The van der Waals surface area contributed by atoms with Crippen LogP contribution in [-0.4, -0.2) is 4.57 Å². The van der Waals surface area contributed by atoms with E-state index in [-0.39, 0.29) is 0 Å². The van der Waals surface area contributed by atoms with Gasteiger partial charge in [0.05, 0.1) is 16.7 Å². The minimum atomic E-state index is 0.852. The summed E-state index contributed by atoms with van der Waals surface area (Å²) in [7, 11) is 0. The van der Waals surface area contributed by atoms with E-state index in [9.17, 15) is 0 Å². The van der Waals surface area contributed by atoms with Crippen LogP contribution in [0.5, 0.6) is 0 Å². The van der Waals surface area contributed by atoms with Crippen LogP contribution in [0.15, 0.2) is 247 Å². The Morgan fingerprint density at radius 3 is 1.69 bits per heavy atom. The summed E-state index contributed by atoms with van der Waals surface area (Å²) < 4.78 is 8.94. The Bertz CT molecular complexity index is 3900. The second-order valence-electron chi connectivity index (χ2n) is 16.9. The summed E-state index contributed by atoms with van der Waals surface area (Å²) >= 11 is 0. The molecule has 13 rings (SSSR count). The molecule has 0 aliphatic rings. The fourth-order valence-electron chi connectivity index (χ4n) is 10.1. The van der Waals surface area contributed by atoms with Crippen molar-refractivity contribution in [2.24, 2.45) is 0 Å². The molecule has 3 heteroatoms. The highest BCUT2D eigenvalue weighted by molar-refractivity contribution is 6.14. The maximum atomic E-state index is 6.56. The van der Waals surface area contributed by atoms with E-state index in [1.165, 1.54) is 48.9 Å². The normalized spacial score (nSPS) is 11.7. The average Bonchev–Trinajstić information content (AvgIpc) is 3.92. The van der Waals surface area contributed by atoms with Crippen molar-refractivity contribution < 1.29 is 4.42 Å². The summed E-state index contributed by atoms with van der Waals surface area (Å²) in [6, 6.07) is 87.8. The molecule has 0 radical (unpaired) electrons. The molecule has 0 unspecified atom stereocenters. The molecular formula is C62H40N2O. The van der Waals surface area contributed by atoms with E-state index >= 15 is 0 Å². The van der Waals surface area contributed by atoms with Crippen molar-refractivity contribution in [3.8, 4) is 39.1 Å². The number of fused-ring (bicyclic) bond motifs is 9. The highest BCUT2D eigenvalue weighted by Crippen LogP contribution is 2.46. The number of hydrogen-bond donors (Lipinski definition) is 0. The lowest BCUT2D eigenvalue weighted by molar-refractivity contribution is 0.669. The van der Waals surface area contributed by atoms with Crippen molar-refractivity contribution in [1.82, 2.24) is 4.57 Å². The molecule has 0 saturated carbocycles. The summed E-state index contributed by atoms with van der Waals surface area (Å²) in [5, 5.41) is 9.68. The zero-order valence-electron chi connectivity index (χ0n) is 35.4. The first kappa shape index (κ1) is 36.9. The minimum absolute atomic E-state index is 0.852. The Labute approximate surface area is 376 Å². The van der Waals surface area contributed by atoms with E-state index < -0.39 is 0 Å². The average molecular weight is 829 g/mol. The lowest BCUT2D eigenvalue weighted by atomic mass is 9.91. The Balaban J connectivity index is 1.00. The van der Waals surface area contributed by atoms with Gasteiger partial charge in [0.15, 0.2) is 0 Å². The number of rotatable bonds is 7. The second-order valence-corrected chi connectivity index (χ2v) is 16.9. The lowest BCUT2D eigenvalue weighted by Crippen LogP contribution is -2.11. The molecule has 0 spiro atoms. The molecule has 3 nitrogen and oxygen atoms in total. The summed E-state index contributed by atoms with van der Waals surface area (Å²) in [6.07, 6.45) is 0. The largest absolute Gasteiger partial charge is 0.456 e. The van der Waals surface area contributed by atoms with Gasteiger partial charge in [0.1, 0.15) is 11.2 Å². The van der Waals surface area contributed by atoms with Crippen LogP contribution in [0.25, 0.3) is 104 Å². The fraction of sp³-hybridized carbons (Fsp3) is 0. The van der Waals surface area contributed by atoms with Crippen molar-refractivity contribution in [3.63, 3.8) is 0 Å². The maximum Gasteiger partial charge on any atom is 0.137 e. The van der Waals surface area contributed by atoms with E-state index in [0.717, 1.165) is 72.5 Å². The number of benzene rings is 11. The van der Waals surface area contributed by atoms with Gasteiger partial charge in [-0.3, -0.25) is 0 Å². The van der Waals surface area contributed by atoms with Gasteiger partial charge in [-0.15, -0.1) is 0 Å². The lowest BCUT2D eigenvalue weighted by Gasteiger charge is -2.29. The Morgan fingerprint density at radius 1 is 0.308 bits per heavy atom. The molecule has 2 aromatic heterocycles. The van der Waals surface area contributed by atoms with Gasteiger partial charge in [0.25, 0.3) is 0 Å². The van der Waals surface area contributed by atoms with Crippen LogP contribution in [0.4, 0.5) is 17.1 Å². The van der Waals surface area contributed by atoms with Crippen LogP contribution >= 0.6 is 0 Å². The fourth-order valence-corrected chi connectivity index (χ4v) is 10.1. The summed E-state index contributed by atoms with van der Waals surface area (Å²) in [4.78, 5) is 2.40. The predicted molar refractivity (Wildman–Crippen MR) is 274 cm³/mol. The van der Waals surface area contributed by atoms with E-state index in [2.05, 4.69) is 240 Å². The van der Waals surface area contributed by atoms with Gasteiger partial charge in [0.2, 0.25) is 0 Å². The van der Waals surface area contributed by atoms with Gasteiger partial charge in [-0.1, -0.05) is 170 Å². The van der Waals surface area contributed by atoms with Gasteiger partial charge in [0, 0.05) is 50.2 Å². The summed E-state index contributed by atoms with van der Waals surface area (Å²) in [5.41, 5.74) is 15.3. The monoisotopic (exact) mass is 828 g/mol. The third-order valence-corrected chi connectivity index (χ3v) is 13.2. The van der Waals surface area contributed by atoms with Crippen LogP contribution in [0, 0.1) is 0 Å². The first-order valence-corrected chi connectivity index (χ1v) is 22.2. The number of aromatic nitrogens is 1. The first-order chi connectivity index (χ1) is 32.2. The van der Waals surface area contributed by atoms with E-state index in [4.69, 9.17) is 4.42 Å². The Kier molecular flexibility index (Phi) is 8.53. The van der Waals surface area contributed by atoms with Crippen LogP contribution < -0.4 is 4.90 Å². The molecule has 11 aromatic carbocycles. The quantitative estimate of drug-likeness (QED) is 0.149. The molecule has 0 N–H and O–H groups in total. The number of anilines is 3. The van der Waals surface area contributed by atoms with E-state index in [1.54, 1.807) is 0 Å². The molecule has 0 amide bonds. The molecule has 65 heavy (non-hydrogen) atoms. The topological polar surface area (TPSA) is 21.3 Å². The highest BCUT2D eigenvalue weighted by atomic mass is 16.3. The smallest absolute Gasteiger partial charge is 0.137 e. The zero-order valence-corrected chi connectivity index (χ0v) is 35.4. The third-order valence-electron chi connectivity index (χ3n) is 13.2. The second kappa shape index (κ2) is 15.0. The molecule has 0 aliphatic carbocycles. The van der Waals surface area contributed by atoms with Crippen LogP contribution in [-0.2, 0) is 0 Å². The van der Waals surface area contributed by atoms with Crippen molar-refractivity contribution in [1.29, 1.82) is 0 Å². The Hall–Kier alpha value is -8.66. The van der Waals surface area contributed by atoms with Crippen molar-refractivity contribution in [2.45, 2.75) is 0 Å². The third kappa shape index (κ3) is 6.12. The molecule has 0 fully saturated rings. The predicted octanol–water partition coefficient (Wildman–Crippen LogP) is 17.5. The van der Waals surface area contributed by atoms with Gasteiger partial charge < -0.3 is 13.9 Å². The highest BCUT2D eigenvalue weighted by Gasteiger charge is 2.22. The molecule has 0 bridgehead atoms. The van der Waals surface area contributed by atoms with Gasteiger partial charge in [-0.25, -0.2) is 0 Å². The Morgan fingerprint density at radius 2 is 0.908 bits per heavy atom. The standard InChI is InChI=1S/C62H40N2O/c1-2-15-42(16-3-1)50-35-31-45(57-38-44-17-4-5-20-49(44)51-21-6-7-22-52(51)57)39-60(50)63(48-34-36-56-55-25-10-13-28-61(55)65-62(56)40-48)46-32-29-41(30-33-46)43-18-14-19-47(37-43)64-58-26-11-8-23-53(58)54-24-9-12-27-59(54)64/h1-40H. The molecular weight excluding hydrogens is 789 g/mol. The number of hydrogen-bond acceptors (Lipinski definition) is 2. The van der Waals surface area contributed by atoms with Crippen LogP contribution in [0.1, 0.15) is 0 Å². The van der Waals surface area contributed by atoms with E-state index in [1.807, 2.05) is 12.1 Å². The molecule has 0 atom stereocenters. The first-order valence-electron chi connectivity index (χ1n) is 22.2. The number of nitrogens with zero attached hydrogens (tertiary/aromatic N) is 2. The van der Waals surface area contributed by atoms with Gasteiger partial charge in [-0.2, -0.15) is 0 Å². The van der Waals surface area contributed by atoms with Crippen LogP contribution in [0.3, 0.4) is 0 Å². The SMILES string of the molecule is c1ccc(-c2ccc(-c3cc4ccccc4c4ccccc34)cc2N(c2ccc(-c3cccc(-n4c5ccccc5c5ccccc54)c3)cc2)c2ccc3c(c2)oc2ccccc23)cc1. The molecule has 0 saturated heterocycles. The number of furan rings is 1. The van der Waals surface area contributed by atoms with Crippen molar-refractivity contribution in [3.05, 3.63) is 243 Å². The van der Waals surface area contributed by atoms with Crippen molar-refractivity contribution >= 4 is 82.4 Å². The summed E-state index contributed by atoms with van der Waals surface area (Å²) in [5.74, 6) is 0. The molecule has 13 aromatic rings. The van der Waals surface area contributed by atoms with Gasteiger partial charge in [-0.05, 0) is 116 Å². The van der Waals surface area contributed by atoms with Crippen LogP contribution in [0.2, 0.25) is 0 Å². The minimum Gasteiger partial charge on any atom is -0.456 e. The summed E-state index contributed by atoms with van der Waals surface area (Å²) in [6.45, 7) is 0. The maximum absolute atomic E-state index is 6.56. The van der Waals surface area contributed by atoms with Gasteiger partial charge >= 0.3 is 0 Å². The van der Waals surface area contributed by atoms with Crippen molar-refractivity contribution in [2.75, 3.05) is 4.90 Å². The molecule has 304 valence electrons. The van der Waals surface area contributed by atoms with E-state index in [0.29, 0.717) is 0 Å². The zero-order chi connectivity index (χ0) is 42.8.